The third-order valence-electron chi connectivity index (χ3n) is 4.09. The van der Waals surface area contributed by atoms with E-state index in [1.165, 1.54) is 12.1 Å². The first-order chi connectivity index (χ1) is 13.5. The van der Waals surface area contributed by atoms with Gasteiger partial charge in [-0.15, -0.1) is 0 Å². The van der Waals surface area contributed by atoms with Crippen LogP contribution in [0.25, 0.3) is 11.2 Å². The monoisotopic (exact) mass is 406 g/mol. The molecule has 3 aromatic rings. The van der Waals surface area contributed by atoms with E-state index >= 15 is 0 Å². The first-order valence-corrected chi connectivity index (χ1v) is 9.19. The maximum absolute atomic E-state index is 12.8. The molecule has 28 heavy (non-hydrogen) atoms. The molecule has 0 bridgehead atoms. The largest absolute Gasteiger partial charge is 0.450 e. The minimum atomic E-state index is -0.470. The standard InChI is InChI=1S/C18H20ClFN6O2/c19-17-24-15(21)14-16(25-17)26(11-23-14)9-1-2-10-28-18(27)22-8-7-12-3-5-13(20)6-4-12/h3-6,11H,1-2,7-10H2,(H,22,27)(H2,21,24,25). The van der Waals surface area contributed by atoms with Gasteiger partial charge in [-0.25, -0.2) is 14.2 Å². The molecule has 3 rings (SSSR count). The molecule has 1 aromatic carbocycles. The van der Waals surface area contributed by atoms with Crippen molar-refractivity contribution in [2.45, 2.75) is 25.8 Å². The molecule has 0 saturated carbocycles. The first-order valence-electron chi connectivity index (χ1n) is 8.82. The summed E-state index contributed by atoms with van der Waals surface area (Å²) in [6.07, 6.45) is 3.21. The Morgan fingerprint density at radius 1 is 1.25 bits per heavy atom. The number of imidazole rings is 1. The summed E-state index contributed by atoms with van der Waals surface area (Å²) in [4.78, 5) is 23.9. The lowest BCUT2D eigenvalue weighted by atomic mass is 10.1. The minimum absolute atomic E-state index is 0.0763. The first kappa shape index (κ1) is 19.8. The number of hydrogen-bond acceptors (Lipinski definition) is 6. The minimum Gasteiger partial charge on any atom is -0.450 e. The SMILES string of the molecule is Nc1nc(Cl)nc2c1ncn2CCCCOC(=O)NCCc1ccc(F)cc1. The molecule has 0 aliphatic carbocycles. The number of nitrogens with one attached hydrogen (secondary N) is 1. The molecule has 148 valence electrons. The van der Waals surface area contributed by atoms with Crippen molar-refractivity contribution in [3.05, 3.63) is 47.3 Å². The number of carbonyl (C=O) groups is 1. The molecule has 0 fully saturated rings. The number of nitrogen functional groups attached to an aromatic ring is 1. The van der Waals surface area contributed by atoms with Gasteiger partial charge in [-0.1, -0.05) is 12.1 Å². The lowest BCUT2D eigenvalue weighted by molar-refractivity contribution is 0.144. The second kappa shape index (κ2) is 9.32. The smallest absolute Gasteiger partial charge is 0.407 e. The van der Waals surface area contributed by atoms with Crippen LogP contribution in [0.5, 0.6) is 0 Å². The van der Waals surface area contributed by atoms with E-state index in [1.54, 1.807) is 18.5 Å². The van der Waals surface area contributed by atoms with Crippen LogP contribution in [0.2, 0.25) is 5.28 Å². The van der Waals surface area contributed by atoms with E-state index in [2.05, 4.69) is 20.3 Å². The summed E-state index contributed by atoms with van der Waals surface area (Å²) in [6.45, 7) is 1.36. The number of nitrogens with zero attached hydrogens (tertiary/aromatic N) is 4. The Hall–Kier alpha value is -2.94. The Balaban J connectivity index is 1.33. The van der Waals surface area contributed by atoms with Gasteiger partial charge >= 0.3 is 6.09 Å². The molecule has 2 heterocycles. The van der Waals surface area contributed by atoms with Crippen molar-refractivity contribution in [1.82, 2.24) is 24.8 Å². The molecule has 2 aromatic heterocycles. The third-order valence-corrected chi connectivity index (χ3v) is 4.26. The molecule has 1 amide bonds. The fourth-order valence-electron chi connectivity index (χ4n) is 2.66. The molecule has 0 aliphatic rings. The summed E-state index contributed by atoms with van der Waals surface area (Å²) < 4.78 is 19.8. The summed E-state index contributed by atoms with van der Waals surface area (Å²) in [5.74, 6) is -0.0341. The lowest BCUT2D eigenvalue weighted by Gasteiger charge is -2.08. The topological polar surface area (TPSA) is 108 Å². The fraction of sp³-hybridized carbons (Fsp3) is 0.333. The van der Waals surface area contributed by atoms with Crippen molar-refractivity contribution >= 4 is 34.7 Å². The van der Waals surface area contributed by atoms with Crippen molar-refractivity contribution in [3.8, 4) is 0 Å². The third kappa shape index (κ3) is 5.29. The summed E-state index contributed by atoms with van der Waals surface area (Å²) in [5, 5.41) is 2.75. The van der Waals surface area contributed by atoms with Crippen molar-refractivity contribution in [2.75, 3.05) is 18.9 Å². The quantitative estimate of drug-likeness (QED) is 0.440. The number of aromatic nitrogens is 4. The maximum atomic E-state index is 12.8. The predicted octanol–water partition coefficient (Wildman–Crippen LogP) is 2.95. The molecule has 0 spiro atoms. The van der Waals surface area contributed by atoms with Gasteiger partial charge in [-0.2, -0.15) is 9.97 Å². The van der Waals surface area contributed by atoms with Gasteiger partial charge in [0.05, 0.1) is 12.9 Å². The van der Waals surface area contributed by atoms with Crippen molar-refractivity contribution in [3.63, 3.8) is 0 Å². The highest BCUT2D eigenvalue weighted by Gasteiger charge is 2.10. The number of rotatable bonds is 8. The van der Waals surface area contributed by atoms with Gasteiger partial charge in [0, 0.05) is 13.1 Å². The number of anilines is 1. The molecule has 0 saturated heterocycles. The van der Waals surface area contributed by atoms with E-state index in [9.17, 15) is 9.18 Å². The molecule has 0 aliphatic heterocycles. The fourth-order valence-corrected chi connectivity index (χ4v) is 2.83. The van der Waals surface area contributed by atoms with E-state index in [0.29, 0.717) is 43.7 Å². The summed E-state index contributed by atoms with van der Waals surface area (Å²) >= 11 is 5.83. The second-order valence-corrected chi connectivity index (χ2v) is 6.47. The summed E-state index contributed by atoms with van der Waals surface area (Å²) in [7, 11) is 0. The number of fused-ring (bicyclic) bond motifs is 1. The highest BCUT2D eigenvalue weighted by atomic mass is 35.5. The van der Waals surface area contributed by atoms with Gasteiger partial charge in [0.25, 0.3) is 0 Å². The zero-order valence-corrected chi connectivity index (χ0v) is 15.8. The van der Waals surface area contributed by atoms with Crippen molar-refractivity contribution < 1.29 is 13.9 Å². The summed E-state index contributed by atoms with van der Waals surface area (Å²) in [5.41, 5.74) is 7.81. The molecule has 0 unspecified atom stereocenters. The van der Waals surface area contributed by atoms with E-state index in [-0.39, 0.29) is 16.9 Å². The Morgan fingerprint density at radius 3 is 2.82 bits per heavy atom. The van der Waals surface area contributed by atoms with Crippen LogP contribution in [0, 0.1) is 5.82 Å². The van der Waals surface area contributed by atoms with Gasteiger partial charge < -0.3 is 20.4 Å². The zero-order chi connectivity index (χ0) is 19.9. The number of ether oxygens (including phenoxy) is 1. The highest BCUT2D eigenvalue weighted by Crippen LogP contribution is 2.18. The van der Waals surface area contributed by atoms with Crippen LogP contribution in [0.4, 0.5) is 15.0 Å². The van der Waals surface area contributed by atoms with Crippen molar-refractivity contribution in [1.29, 1.82) is 0 Å². The second-order valence-electron chi connectivity index (χ2n) is 6.13. The number of nitrogens with two attached hydrogens (primary N) is 1. The van der Waals surface area contributed by atoms with Crippen LogP contribution in [-0.2, 0) is 17.7 Å². The Bertz CT molecular complexity index is 947. The van der Waals surface area contributed by atoms with Crippen LogP contribution in [-0.4, -0.2) is 38.8 Å². The van der Waals surface area contributed by atoms with E-state index in [1.807, 2.05) is 4.57 Å². The number of alkyl carbamates (subject to hydrolysis) is 1. The van der Waals surface area contributed by atoms with E-state index in [4.69, 9.17) is 22.1 Å². The average molecular weight is 407 g/mol. The zero-order valence-electron chi connectivity index (χ0n) is 15.1. The average Bonchev–Trinajstić information content (AvgIpc) is 3.06. The number of amides is 1. The van der Waals surface area contributed by atoms with Crippen LogP contribution >= 0.6 is 11.6 Å². The number of hydrogen-bond donors (Lipinski definition) is 2. The van der Waals surface area contributed by atoms with Crippen molar-refractivity contribution in [2.24, 2.45) is 0 Å². The predicted molar refractivity (Wildman–Crippen MR) is 103 cm³/mol. The molecule has 8 nitrogen and oxygen atoms in total. The molecule has 10 heteroatoms. The molecule has 0 atom stereocenters. The number of halogens is 2. The molecule has 0 radical (unpaired) electrons. The van der Waals surface area contributed by atoms with Gasteiger partial charge in [-0.05, 0) is 48.6 Å². The molecule has 3 N–H and O–H groups in total. The van der Waals surface area contributed by atoms with Gasteiger partial charge in [0.15, 0.2) is 11.5 Å². The van der Waals surface area contributed by atoms with Gasteiger partial charge in [0.2, 0.25) is 5.28 Å². The number of benzene rings is 1. The molecular weight excluding hydrogens is 387 g/mol. The number of unbranched alkanes of at least 4 members (excludes halogenated alkanes) is 1. The van der Waals surface area contributed by atoms with Crippen LogP contribution < -0.4 is 11.1 Å². The molecular formula is C18H20ClFN6O2. The Labute approximate surface area is 165 Å². The normalized spacial score (nSPS) is 10.9. The Morgan fingerprint density at radius 2 is 2.04 bits per heavy atom. The Kier molecular flexibility index (Phi) is 6.59. The van der Waals surface area contributed by atoms with Gasteiger partial charge in [-0.3, -0.25) is 0 Å². The maximum Gasteiger partial charge on any atom is 0.407 e. The van der Waals surface area contributed by atoms with E-state index in [0.717, 1.165) is 12.0 Å². The number of aryl methyl sites for hydroxylation is 1. The van der Waals surface area contributed by atoms with Crippen LogP contribution in [0.15, 0.2) is 30.6 Å². The highest BCUT2D eigenvalue weighted by molar-refractivity contribution is 6.28. The van der Waals surface area contributed by atoms with E-state index < -0.39 is 6.09 Å². The number of carbonyl (C=O) groups excluding carboxylic acids is 1. The summed E-state index contributed by atoms with van der Waals surface area (Å²) in [6, 6.07) is 6.17. The van der Waals surface area contributed by atoms with Crippen LogP contribution in [0.1, 0.15) is 18.4 Å². The van der Waals surface area contributed by atoms with Gasteiger partial charge in [0.1, 0.15) is 11.3 Å². The lowest BCUT2D eigenvalue weighted by Crippen LogP contribution is -2.26. The van der Waals surface area contributed by atoms with Crippen LogP contribution in [0.3, 0.4) is 0 Å².